The van der Waals surface area contributed by atoms with E-state index in [-0.39, 0.29) is 0 Å². The summed E-state index contributed by atoms with van der Waals surface area (Å²) in [5.41, 5.74) is 0. The maximum Gasteiger partial charge on any atom is 0.129 e. The molecule has 0 atom stereocenters. The Hall–Kier alpha value is -0.480. The predicted octanol–water partition coefficient (Wildman–Crippen LogP) is 0.420. The van der Waals surface area contributed by atoms with E-state index < -0.39 is 0 Å². The van der Waals surface area contributed by atoms with Crippen LogP contribution in [0.15, 0.2) is 0 Å². The summed E-state index contributed by atoms with van der Waals surface area (Å²) in [5, 5.41) is 0. The van der Waals surface area contributed by atoms with Crippen LogP contribution in [0.5, 0.6) is 0 Å². The highest BCUT2D eigenvalue weighted by molar-refractivity contribution is 4.38. The molecule has 0 aliphatic heterocycles. The highest BCUT2D eigenvalue weighted by atomic mass is 16.7. The van der Waals surface area contributed by atoms with Gasteiger partial charge in [-0.1, -0.05) is 0 Å². The molecule has 0 heterocycles. The normalized spacial score (nSPS) is 12.0. The second kappa shape index (κ2) is 29.1. The molecule has 0 aromatic rings. The number of methoxy groups -OCH3 is 1. The number of hydroxylamine groups is 3. The van der Waals surface area contributed by atoms with Crippen molar-refractivity contribution in [2.45, 2.75) is 0 Å². The average Bonchev–Trinajstić information content (AvgIpc) is 2.84. The molecule has 0 aliphatic rings. The van der Waals surface area contributed by atoms with Crippen LogP contribution in [0, 0.1) is 0 Å². The monoisotopic (exact) mass is 530 g/mol. The largest absolute Gasteiger partial charge is 0.382 e. The Labute approximate surface area is 217 Å². The summed E-state index contributed by atoms with van der Waals surface area (Å²) in [4.78, 5) is 5.50. The van der Waals surface area contributed by atoms with Gasteiger partial charge >= 0.3 is 0 Å². The minimum absolute atomic E-state index is 0.464. The maximum absolute atomic E-state index is 5.50. The Morgan fingerprint density at radius 3 is 0.694 bits per heavy atom. The van der Waals surface area contributed by atoms with Crippen molar-refractivity contribution in [1.29, 1.82) is 0 Å². The molecule has 12 heteroatoms. The van der Waals surface area contributed by atoms with Crippen molar-refractivity contribution in [3.05, 3.63) is 0 Å². The third-order valence-corrected chi connectivity index (χ3v) is 4.11. The van der Waals surface area contributed by atoms with E-state index in [0.29, 0.717) is 137 Å². The zero-order chi connectivity index (χ0) is 26.4. The van der Waals surface area contributed by atoms with E-state index in [0.717, 1.165) is 0 Å². The third kappa shape index (κ3) is 33.5. The second-order valence-electron chi connectivity index (χ2n) is 8.23. The number of hydrogen-bond donors (Lipinski definition) is 0. The van der Waals surface area contributed by atoms with Crippen molar-refractivity contribution >= 4 is 0 Å². The molecule has 0 bridgehead atoms. The first-order valence-corrected chi connectivity index (χ1v) is 12.7. The number of quaternary nitrogens is 1. The standard InChI is InChI=1S/C24H52NO11/c1-25(2,3)36-24-23-35-22-21-34-20-19-33-18-17-32-16-15-31-14-13-30-12-11-29-10-9-28-8-7-27-6-5-26-4/h5-24H2,1-4H3/q+1. The van der Waals surface area contributed by atoms with Crippen LogP contribution in [0.4, 0.5) is 0 Å². The van der Waals surface area contributed by atoms with E-state index in [1.165, 1.54) is 0 Å². The molecule has 0 aromatic heterocycles. The first-order valence-electron chi connectivity index (χ1n) is 12.7. The van der Waals surface area contributed by atoms with Crippen molar-refractivity contribution < 1.29 is 56.9 Å². The van der Waals surface area contributed by atoms with Gasteiger partial charge in [0.05, 0.1) is 147 Å². The molecule has 0 N–H and O–H groups in total. The minimum Gasteiger partial charge on any atom is -0.382 e. The molecule has 0 spiro atoms. The predicted molar refractivity (Wildman–Crippen MR) is 133 cm³/mol. The molecule has 0 rings (SSSR count). The van der Waals surface area contributed by atoms with E-state index >= 15 is 0 Å². The van der Waals surface area contributed by atoms with Gasteiger partial charge in [0.2, 0.25) is 0 Å². The molecule has 0 fully saturated rings. The van der Waals surface area contributed by atoms with E-state index in [1.807, 2.05) is 21.1 Å². The van der Waals surface area contributed by atoms with E-state index in [9.17, 15) is 0 Å². The first-order chi connectivity index (χ1) is 17.6. The van der Waals surface area contributed by atoms with E-state index in [2.05, 4.69) is 0 Å². The lowest BCUT2D eigenvalue weighted by Gasteiger charge is -2.20. The van der Waals surface area contributed by atoms with Gasteiger partial charge in [-0.05, 0) is 0 Å². The average molecular weight is 531 g/mol. The van der Waals surface area contributed by atoms with Gasteiger partial charge in [-0.15, -0.1) is 0 Å². The quantitative estimate of drug-likeness (QED) is 0.0708. The summed E-state index contributed by atoms with van der Waals surface area (Å²) >= 11 is 0. The van der Waals surface area contributed by atoms with Crippen molar-refractivity contribution in [3.63, 3.8) is 0 Å². The first kappa shape index (κ1) is 35.5. The second-order valence-corrected chi connectivity index (χ2v) is 8.23. The number of rotatable bonds is 31. The number of hydrogen-bond acceptors (Lipinski definition) is 11. The fraction of sp³-hybridized carbons (Fsp3) is 1.00. The van der Waals surface area contributed by atoms with Gasteiger partial charge in [0.1, 0.15) is 6.61 Å². The van der Waals surface area contributed by atoms with Crippen LogP contribution in [-0.4, -0.2) is 165 Å². The van der Waals surface area contributed by atoms with Crippen LogP contribution in [0.25, 0.3) is 0 Å². The Kier molecular flexibility index (Phi) is 28.7. The van der Waals surface area contributed by atoms with E-state index in [4.69, 9.17) is 52.2 Å². The molecular formula is C24H52NO11+. The molecule has 0 saturated carbocycles. The van der Waals surface area contributed by atoms with Crippen molar-refractivity contribution in [1.82, 2.24) is 0 Å². The lowest BCUT2D eigenvalue weighted by atomic mass is 10.6. The highest BCUT2D eigenvalue weighted by Gasteiger charge is 2.06. The molecule has 0 aromatic carbocycles. The smallest absolute Gasteiger partial charge is 0.129 e. The minimum atomic E-state index is 0.464. The van der Waals surface area contributed by atoms with Gasteiger partial charge in [0, 0.05) is 7.11 Å². The molecule has 0 aliphatic carbocycles. The summed E-state index contributed by atoms with van der Waals surface area (Å²) in [5.74, 6) is 0. The molecule has 0 radical (unpaired) electrons. The lowest BCUT2D eigenvalue weighted by Crippen LogP contribution is -2.35. The SMILES string of the molecule is COCCOCCOCCOCCOCCOCCOCCOCCOCCOCCO[N+](C)(C)C. The number of nitrogens with zero attached hydrogens (tertiary/aromatic N) is 1. The zero-order valence-electron chi connectivity index (χ0n) is 23.1. The van der Waals surface area contributed by atoms with Crippen LogP contribution in [0.1, 0.15) is 0 Å². The molecule has 36 heavy (non-hydrogen) atoms. The summed E-state index contributed by atoms with van der Waals surface area (Å²) < 4.78 is 54.1. The van der Waals surface area contributed by atoms with Crippen LogP contribution < -0.4 is 0 Å². The van der Waals surface area contributed by atoms with Crippen molar-refractivity contribution in [2.75, 3.05) is 160 Å². The third-order valence-electron chi connectivity index (χ3n) is 4.11. The molecular weight excluding hydrogens is 478 g/mol. The number of ether oxygens (including phenoxy) is 10. The van der Waals surface area contributed by atoms with Crippen molar-refractivity contribution in [2.24, 2.45) is 0 Å². The summed E-state index contributed by atoms with van der Waals surface area (Å²) in [6.07, 6.45) is 0. The maximum atomic E-state index is 5.50. The summed E-state index contributed by atoms with van der Waals surface area (Å²) in [6, 6.07) is 0. The van der Waals surface area contributed by atoms with Gasteiger partial charge < -0.3 is 47.4 Å². The van der Waals surface area contributed by atoms with Crippen LogP contribution in [-0.2, 0) is 52.2 Å². The summed E-state index contributed by atoms with van der Waals surface area (Å²) in [7, 11) is 7.53. The van der Waals surface area contributed by atoms with Crippen LogP contribution >= 0.6 is 0 Å². The molecule has 0 amide bonds. The molecule has 0 unspecified atom stereocenters. The van der Waals surface area contributed by atoms with Gasteiger partial charge in [0.25, 0.3) is 0 Å². The summed E-state index contributed by atoms with van der Waals surface area (Å²) in [6.45, 7) is 10.9. The molecule has 12 nitrogen and oxygen atoms in total. The Morgan fingerprint density at radius 1 is 0.306 bits per heavy atom. The Balaban J connectivity index is 3.03. The Bertz CT molecular complexity index is 414. The fourth-order valence-electron chi connectivity index (χ4n) is 2.37. The topological polar surface area (TPSA) is 102 Å². The van der Waals surface area contributed by atoms with E-state index in [1.54, 1.807) is 7.11 Å². The fourth-order valence-corrected chi connectivity index (χ4v) is 2.37. The highest BCUT2D eigenvalue weighted by Crippen LogP contribution is 1.92. The van der Waals surface area contributed by atoms with Crippen LogP contribution in [0.2, 0.25) is 0 Å². The van der Waals surface area contributed by atoms with Gasteiger partial charge in [-0.2, -0.15) is 4.65 Å². The molecule has 218 valence electrons. The Morgan fingerprint density at radius 2 is 0.500 bits per heavy atom. The van der Waals surface area contributed by atoms with Crippen molar-refractivity contribution in [3.8, 4) is 0 Å². The van der Waals surface area contributed by atoms with Gasteiger partial charge in [-0.25, -0.2) is 4.84 Å². The van der Waals surface area contributed by atoms with Gasteiger partial charge in [0.15, 0.2) is 0 Å². The molecule has 0 saturated heterocycles. The van der Waals surface area contributed by atoms with Crippen LogP contribution in [0.3, 0.4) is 0 Å². The van der Waals surface area contributed by atoms with Gasteiger partial charge in [-0.3, -0.25) is 0 Å². The zero-order valence-corrected chi connectivity index (χ0v) is 23.1. The lowest BCUT2D eigenvalue weighted by molar-refractivity contribution is -1.06.